The number of rotatable bonds is 4. The molecule has 0 radical (unpaired) electrons. The lowest BCUT2D eigenvalue weighted by molar-refractivity contribution is -0.384. The number of nitrogens with one attached hydrogen (secondary N) is 1. The molecule has 3 rings (SSSR count). The highest BCUT2D eigenvalue weighted by molar-refractivity contribution is 5.81. The lowest BCUT2D eigenvalue weighted by Gasteiger charge is -2.11. The summed E-state index contributed by atoms with van der Waals surface area (Å²) < 4.78 is 5.67. The molecule has 1 N–H and O–H groups in total. The Kier molecular flexibility index (Phi) is 3.47. The van der Waals surface area contributed by atoms with Gasteiger partial charge in [0.05, 0.1) is 10.4 Å². The summed E-state index contributed by atoms with van der Waals surface area (Å²) in [7, 11) is 0. The molecule has 0 bridgehead atoms. The van der Waals surface area contributed by atoms with Crippen molar-refractivity contribution in [2.75, 3.05) is 13.2 Å². The van der Waals surface area contributed by atoms with Gasteiger partial charge in [0.15, 0.2) is 0 Å². The number of ether oxygens (including phenoxy) is 1. The van der Waals surface area contributed by atoms with E-state index in [1.54, 1.807) is 18.2 Å². The number of benzene rings is 1. The summed E-state index contributed by atoms with van der Waals surface area (Å²) in [5, 5.41) is 14.8. The molecular weight excluding hydrogens is 258 g/mol. The summed E-state index contributed by atoms with van der Waals surface area (Å²) >= 11 is 0. The van der Waals surface area contributed by atoms with E-state index in [0.717, 1.165) is 18.4 Å². The van der Waals surface area contributed by atoms with Gasteiger partial charge in [-0.15, -0.1) is 0 Å². The minimum absolute atomic E-state index is 0.0723. The number of aromatic nitrogens is 1. The fraction of sp³-hybridized carbons (Fsp3) is 0.357. The Labute approximate surface area is 115 Å². The fourth-order valence-corrected chi connectivity index (χ4v) is 2.37. The topological polar surface area (TPSA) is 77.3 Å². The second kappa shape index (κ2) is 5.42. The van der Waals surface area contributed by atoms with Gasteiger partial charge in [0.25, 0.3) is 5.69 Å². The lowest BCUT2D eigenvalue weighted by Crippen LogP contribution is -2.28. The zero-order valence-corrected chi connectivity index (χ0v) is 10.9. The average Bonchev–Trinajstić information content (AvgIpc) is 2.97. The summed E-state index contributed by atoms with van der Waals surface area (Å²) in [6, 6.07) is 8.56. The second-order valence-electron chi connectivity index (χ2n) is 4.89. The van der Waals surface area contributed by atoms with Crippen molar-refractivity contribution in [3.63, 3.8) is 0 Å². The van der Waals surface area contributed by atoms with Gasteiger partial charge in [-0.3, -0.25) is 10.1 Å². The van der Waals surface area contributed by atoms with Crippen LogP contribution >= 0.6 is 0 Å². The molecule has 0 aliphatic carbocycles. The predicted molar refractivity (Wildman–Crippen MR) is 74.9 cm³/mol. The monoisotopic (exact) mass is 273 g/mol. The first kappa shape index (κ1) is 12.8. The van der Waals surface area contributed by atoms with Crippen LogP contribution in [0.1, 0.15) is 12.8 Å². The molecule has 2 aromatic rings. The molecule has 0 amide bonds. The van der Waals surface area contributed by atoms with Crippen LogP contribution in [0.25, 0.3) is 10.9 Å². The van der Waals surface area contributed by atoms with Crippen molar-refractivity contribution in [2.45, 2.75) is 18.9 Å². The highest BCUT2D eigenvalue weighted by Crippen LogP contribution is 2.22. The maximum Gasteiger partial charge on any atom is 0.270 e. The van der Waals surface area contributed by atoms with Crippen molar-refractivity contribution >= 4 is 16.6 Å². The van der Waals surface area contributed by atoms with Gasteiger partial charge in [-0.2, -0.15) is 0 Å². The molecule has 0 saturated carbocycles. The molecule has 6 nitrogen and oxygen atoms in total. The molecule has 1 aliphatic heterocycles. The van der Waals surface area contributed by atoms with E-state index >= 15 is 0 Å². The van der Waals surface area contributed by atoms with E-state index < -0.39 is 4.92 Å². The lowest BCUT2D eigenvalue weighted by atomic mass is 10.2. The number of nitro groups is 1. The Morgan fingerprint density at radius 1 is 1.40 bits per heavy atom. The smallest absolute Gasteiger partial charge is 0.270 e. The molecule has 20 heavy (non-hydrogen) atoms. The fourth-order valence-electron chi connectivity index (χ4n) is 2.37. The van der Waals surface area contributed by atoms with Gasteiger partial charge in [-0.25, -0.2) is 4.98 Å². The van der Waals surface area contributed by atoms with Gasteiger partial charge in [-0.1, -0.05) is 0 Å². The third kappa shape index (κ3) is 2.70. The summed E-state index contributed by atoms with van der Waals surface area (Å²) in [5.74, 6) is 0.556. The van der Waals surface area contributed by atoms with Crippen molar-refractivity contribution in [2.24, 2.45) is 0 Å². The summed E-state index contributed by atoms with van der Waals surface area (Å²) in [4.78, 5) is 14.7. The molecule has 1 aromatic carbocycles. The van der Waals surface area contributed by atoms with E-state index in [2.05, 4.69) is 10.3 Å². The third-order valence-corrected chi connectivity index (χ3v) is 3.45. The van der Waals surface area contributed by atoms with Crippen LogP contribution in [0.5, 0.6) is 5.88 Å². The minimum Gasteiger partial charge on any atom is -0.476 e. The number of nitro benzene ring substituents is 1. The number of non-ortho nitro benzene ring substituents is 1. The van der Waals surface area contributed by atoms with Crippen LogP contribution in [0.3, 0.4) is 0 Å². The molecule has 1 aliphatic rings. The molecule has 104 valence electrons. The molecule has 2 heterocycles. The first-order valence-electron chi connectivity index (χ1n) is 6.64. The van der Waals surface area contributed by atoms with Crippen molar-refractivity contribution in [1.82, 2.24) is 10.3 Å². The number of fused-ring (bicyclic) bond motifs is 1. The first-order valence-corrected chi connectivity index (χ1v) is 6.64. The van der Waals surface area contributed by atoms with E-state index in [1.165, 1.54) is 18.6 Å². The van der Waals surface area contributed by atoms with E-state index in [0.29, 0.717) is 24.0 Å². The molecule has 1 saturated heterocycles. The van der Waals surface area contributed by atoms with Gasteiger partial charge in [-0.05, 0) is 31.5 Å². The van der Waals surface area contributed by atoms with Gasteiger partial charge in [0.1, 0.15) is 6.61 Å². The molecule has 1 unspecified atom stereocenters. The van der Waals surface area contributed by atoms with E-state index in [-0.39, 0.29) is 5.69 Å². The van der Waals surface area contributed by atoms with Crippen molar-refractivity contribution in [1.29, 1.82) is 0 Å². The quantitative estimate of drug-likeness (QED) is 0.683. The number of hydrogen-bond acceptors (Lipinski definition) is 5. The van der Waals surface area contributed by atoms with E-state index in [1.807, 2.05) is 0 Å². The molecule has 6 heteroatoms. The largest absolute Gasteiger partial charge is 0.476 e. The van der Waals surface area contributed by atoms with Crippen LogP contribution in [0.15, 0.2) is 30.3 Å². The zero-order chi connectivity index (χ0) is 13.9. The first-order chi connectivity index (χ1) is 9.72. The molecule has 1 aromatic heterocycles. The number of pyridine rings is 1. The van der Waals surface area contributed by atoms with Gasteiger partial charge in [0, 0.05) is 29.6 Å². The summed E-state index contributed by atoms with van der Waals surface area (Å²) in [5.41, 5.74) is 0.774. The Balaban J connectivity index is 1.76. The van der Waals surface area contributed by atoms with Gasteiger partial charge in [0.2, 0.25) is 5.88 Å². The Morgan fingerprint density at radius 2 is 2.30 bits per heavy atom. The molecule has 1 atom stereocenters. The normalized spacial score (nSPS) is 18.3. The highest BCUT2D eigenvalue weighted by atomic mass is 16.6. The average molecular weight is 273 g/mol. The molecule has 1 fully saturated rings. The zero-order valence-electron chi connectivity index (χ0n) is 10.9. The van der Waals surface area contributed by atoms with Crippen LogP contribution in [-0.2, 0) is 0 Å². The summed E-state index contributed by atoms with van der Waals surface area (Å²) in [6.45, 7) is 1.65. The van der Waals surface area contributed by atoms with Crippen molar-refractivity contribution in [3.8, 4) is 5.88 Å². The Hall–Kier alpha value is -2.21. The Morgan fingerprint density at radius 3 is 3.05 bits per heavy atom. The third-order valence-electron chi connectivity index (χ3n) is 3.45. The van der Waals surface area contributed by atoms with E-state index in [4.69, 9.17) is 4.74 Å². The van der Waals surface area contributed by atoms with Gasteiger partial charge >= 0.3 is 0 Å². The molecular formula is C14H15N3O3. The Bertz CT molecular complexity index is 639. The predicted octanol–water partition coefficient (Wildman–Crippen LogP) is 2.27. The highest BCUT2D eigenvalue weighted by Gasteiger charge is 2.15. The maximum absolute atomic E-state index is 10.7. The van der Waals surface area contributed by atoms with E-state index in [9.17, 15) is 10.1 Å². The van der Waals surface area contributed by atoms with Crippen LogP contribution < -0.4 is 10.1 Å². The second-order valence-corrected chi connectivity index (χ2v) is 4.89. The number of nitrogens with zero attached hydrogens (tertiary/aromatic N) is 2. The van der Waals surface area contributed by atoms with Crippen LogP contribution in [0.2, 0.25) is 0 Å². The van der Waals surface area contributed by atoms with Gasteiger partial charge < -0.3 is 10.1 Å². The standard InChI is InChI=1S/C14H15N3O3/c18-17(19)12-4-5-13-10(8-12)3-6-14(16-13)20-9-11-2-1-7-15-11/h3-6,8,11,15H,1-2,7,9H2. The molecule has 0 spiro atoms. The summed E-state index contributed by atoms with van der Waals surface area (Å²) in [6.07, 6.45) is 2.31. The SMILES string of the molecule is O=[N+]([O-])c1ccc2nc(OCC3CCCN3)ccc2c1. The van der Waals surface area contributed by atoms with Crippen molar-refractivity contribution < 1.29 is 9.66 Å². The van der Waals surface area contributed by atoms with Crippen LogP contribution in [0, 0.1) is 10.1 Å². The minimum atomic E-state index is -0.407. The van der Waals surface area contributed by atoms with Crippen molar-refractivity contribution in [3.05, 3.63) is 40.4 Å². The maximum atomic E-state index is 10.7. The van der Waals surface area contributed by atoms with Crippen LogP contribution in [-0.4, -0.2) is 29.1 Å². The van der Waals surface area contributed by atoms with Crippen LogP contribution in [0.4, 0.5) is 5.69 Å². The number of hydrogen-bond donors (Lipinski definition) is 1.